The average Bonchev–Trinajstić information content (AvgIpc) is 0.779. The molecule has 4 heterocycles. The molecule has 4 fully saturated rings. The van der Waals surface area contributed by atoms with E-state index in [9.17, 15) is 62.3 Å². The molecule has 12 aromatic rings. The van der Waals surface area contributed by atoms with Crippen molar-refractivity contribution >= 4 is 82.9 Å². The highest BCUT2D eigenvalue weighted by Gasteiger charge is 2.50. The molecule has 0 aliphatic carbocycles. The Morgan fingerprint density at radius 1 is 0.317 bits per heavy atom. The number of barbiturate groups is 4. The van der Waals surface area contributed by atoms with Crippen LogP contribution >= 0.6 is 0 Å². The second-order valence-electron chi connectivity index (χ2n) is 28.6. The Labute approximate surface area is 692 Å². The number of ketones is 1. The number of Topliss-reactive ketones (excluding diaryl/α,β-unsaturated/α-hetero) is 1. The minimum Gasteiger partial charge on any atom is -0.497 e. The molecule has 4 aliphatic rings. The van der Waals surface area contributed by atoms with Crippen LogP contribution in [-0.2, 0) is 57.7 Å². The van der Waals surface area contributed by atoms with Crippen molar-refractivity contribution in [3.63, 3.8) is 0 Å². The van der Waals surface area contributed by atoms with Gasteiger partial charge in [-0.3, -0.25) is 79.1 Å². The van der Waals surface area contributed by atoms with E-state index in [1.807, 2.05) is 267 Å². The van der Waals surface area contributed by atoms with Gasteiger partial charge in [0.1, 0.15) is 29.4 Å². The molecule has 22 heteroatoms. The van der Waals surface area contributed by atoms with E-state index < -0.39 is 119 Å². The number of imide groups is 8. The van der Waals surface area contributed by atoms with Gasteiger partial charge in [-0.15, -0.1) is 0 Å². The Balaban J connectivity index is 0.000000138. The molecule has 0 saturated carbocycles. The third-order valence-electron chi connectivity index (χ3n) is 20.9. The van der Waals surface area contributed by atoms with Gasteiger partial charge in [0.2, 0.25) is 47.3 Å². The van der Waals surface area contributed by atoms with E-state index in [4.69, 9.17) is 4.74 Å². The maximum atomic E-state index is 13.5. The summed E-state index contributed by atoms with van der Waals surface area (Å²) in [5, 5.41) is 9.42. The van der Waals surface area contributed by atoms with Crippen LogP contribution in [0.1, 0.15) is 96.3 Å². The zero-order valence-electron chi connectivity index (χ0n) is 65.0. The van der Waals surface area contributed by atoms with Crippen LogP contribution in [0.4, 0.5) is 24.9 Å². The van der Waals surface area contributed by atoms with Crippen LogP contribution in [0, 0.1) is 23.7 Å². The highest BCUT2D eigenvalue weighted by Crippen LogP contribution is 2.39. The van der Waals surface area contributed by atoms with Gasteiger partial charge in [0, 0.05) is 23.8 Å². The van der Waals surface area contributed by atoms with Crippen LogP contribution in [0.2, 0.25) is 0 Å². The molecule has 4 aliphatic heterocycles. The summed E-state index contributed by atoms with van der Waals surface area (Å²) in [6, 6.07) is 104. The quantitative estimate of drug-likeness (QED) is 0.0362. The maximum absolute atomic E-state index is 13.5. The molecule has 0 radical (unpaired) electrons. The Bertz CT molecular complexity index is 5350. The van der Waals surface area contributed by atoms with Gasteiger partial charge in [0.05, 0.1) is 31.4 Å². The number of hydrogen-bond donors (Lipinski definition) is 4. The normalized spacial score (nSPS) is 16.8. The molecule has 4 saturated heterocycles. The number of hydrogen-bond acceptors (Lipinski definition) is 14. The van der Waals surface area contributed by atoms with Gasteiger partial charge in [-0.25, -0.2) is 24.1 Å². The van der Waals surface area contributed by atoms with Crippen molar-refractivity contribution in [2.75, 3.05) is 12.0 Å². The Kier molecular flexibility index (Phi) is 27.0. The summed E-state index contributed by atoms with van der Waals surface area (Å²) < 4.78 is 5.16. The smallest absolute Gasteiger partial charge is 0.335 e. The number of ether oxygens (including phenoxy) is 1. The van der Waals surface area contributed by atoms with Gasteiger partial charge in [-0.2, -0.15) is 0 Å². The van der Waals surface area contributed by atoms with Crippen LogP contribution in [-0.4, -0.2) is 99.0 Å². The first-order valence-corrected chi connectivity index (χ1v) is 38.8. The largest absolute Gasteiger partial charge is 0.497 e. The van der Waals surface area contributed by atoms with Gasteiger partial charge < -0.3 is 4.74 Å². The second-order valence-corrected chi connectivity index (χ2v) is 28.6. The number of methoxy groups -OCH3 is 1. The maximum Gasteiger partial charge on any atom is 0.335 e. The van der Waals surface area contributed by atoms with Gasteiger partial charge in [-0.1, -0.05) is 334 Å². The number of para-hydroxylation sites is 1. The highest BCUT2D eigenvalue weighted by atomic mass is 16.5. The van der Waals surface area contributed by atoms with Crippen molar-refractivity contribution in [2.45, 2.75) is 49.7 Å². The summed E-state index contributed by atoms with van der Waals surface area (Å²) >= 11 is 0. The number of urea groups is 4. The average molecular weight is 1600 g/mol. The molecule has 22 nitrogen and oxygen atoms in total. The molecule has 16 rings (SSSR count). The summed E-state index contributed by atoms with van der Waals surface area (Å²) in [7, 11) is 1.57. The molecular formula is C98H82N8O14. The monoisotopic (exact) mass is 1590 g/mol. The number of benzene rings is 12. The summed E-state index contributed by atoms with van der Waals surface area (Å²) in [6.07, 6.45) is 0.384. The van der Waals surface area contributed by atoms with Crippen molar-refractivity contribution < 1.29 is 67.1 Å². The lowest BCUT2D eigenvalue weighted by Crippen LogP contribution is -2.59. The first-order chi connectivity index (χ1) is 58.4. The molecule has 598 valence electrons. The highest BCUT2D eigenvalue weighted by molar-refractivity contribution is 6.28. The van der Waals surface area contributed by atoms with Crippen molar-refractivity contribution in [2.24, 2.45) is 23.7 Å². The Morgan fingerprint density at radius 2 is 0.642 bits per heavy atom. The Morgan fingerprint density at radius 3 is 1.04 bits per heavy atom. The number of carbonyl (C=O) groups excluding carboxylic acids is 13. The fourth-order valence-corrected chi connectivity index (χ4v) is 15.1. The topological polar surface area (TPSA) is 292 Å². The molecule has 16 amide bonds. The minimum absolute atomic E-state index is 0.0470. The lowest BCUT2D eigenvalue weighted by atomic mass is 9.78. The van der Waals surface area contributed by atoms with E-state index in [1.165, 1.54) is 9.80 Å². The molecular weight excluding hydrogens is 1510 g/mol. The predicted molar refractivity (Wildman–Crippen MR) is 448 cm³/mol. The zero-order chi connectivity index (χ0) is 84.0. The fraction of sp³-hybridized carbons (Fsp3) is 0.133. The third kappa shape index (κ3) is 19.6. The van der Waals surface area contributed by atoms with Crippen molar-refractivity contribution in [1.29, 1.82) is 0 Å². The number of nitrogens with one attached hydrogen (secondary N) is 4. The molecule has 0 bridgehead atoms. The fourth-order valence-electron chi connectivity index (χ4n) is 15.1. The molecule has 0 spiro atoms. The molecule has 5 unspecified atom stereocenters. The van der Waals surface area contributed by atoms with Gasteiger partial charge in [-0.05, 0) is 92.7 Å². The van der Waals surface area contributed by atoms with Crippen LogP contribution in [0.3, 0.4) is 0 Å². The van der Waals surface area contributed by atoms with Crippen LogP contribution in [0.5, 0.6) is 5.75 Å². The Hall–Kier alpha value is -15.5. The van der Waals surface area contributed by atoms with E-state index in [0.29, 0.717) is 22.6 Å². The molecule has 4 N–H and O–H groups in total. The van der Waals surface area contributed by atoms with Gasteiger partial charge >= 0.3 is 24.1 Å². The first kappa shape index (κ1) is 82.5. The van der Waals surface area contributed by atoms with E-state index in [0.717, 1.165) is 59.9 Å². The lowest BCUT2D eigenvalue weighted by Gasteiger charge is -2.36. The predicted octanol–water partition coefficient (Wildman–Crippen LogP) is 15.1. The van der Waals surface area contributed by atoms with Crippen molar-refractivity contribution in [3.05, 3.63) is 419 Å². The summed E-state index contributed by atoms with van der Waals surface area (Å²) in [5.41, 5.74) is 8.91. The molecule has 120 heavy (non-hydrogen) atoms. The number of carbonyl (C=O) groups is 13. The SMILES string of the molecule is COc1ccc(CC2C(=O)NC(=O)N(C(c3ccccc3)c3ccccc3)C2=O)cc1.O=C(CC(c1ccccc1)C1C(=O)NC(=O)N(c2ccccc2)C1=O)c1ccccc1.O=C1NC(=O)N(C(c2ccccc2)c2ccccc2)C(=O)C1Cc1ccccc1.O=C1NC(=O)N(Cc2ccccc2)C(=O)C1C(c1ccccc1)c1ccccc1. The number of nitrogens with zero attached hydrogens (tertiary/aromatic N) is 4. The summed E-state index contributed by atoms with van der Waals surface area (Å²) in [4.78, 5) is 172. The van der Waals surface area contributed by atoms with E-state index in [2.05, 4.69) is 21.3 Å². The third-order valence-corrected chi connectivity index (χ3v) is 20.9. The van der Waals surface area contributed by atoms with Gasteiger partial charge in [0.25, 0.3) is 0 Å². The van der Waals surface area contributed by atoms with Crippen LogP contribution < -0.4 is 30.9 Å². The number of rotatable bonds is 22. The summed E-state index contributed by atoms with van der Waals surface area (Å²) in [6.45, 7) is 0.117. The lowest BCUT2D eigenvalue weighted by molar-refractivity contribution is -0.145. The van der Waals surface area contributed by atoms with E-state index in [-0.39, 0.29) is 31.6 Å². The van der Waals surface area contributed by atoms with E-state index >= 15 is 0 Å². The molecule has 0 aromatic heterocycles. The summed E-state index contributed by atoms with van der Waals surface area (Å²) in [5.74, 6) is -9.43. The number of amides is 16. The van der Waals surface area contributed by atoms with Gasteiger partial charge in [0.15, 0.2) is 5.78 Å². The van der Waals surface area contributed by atoms with E-state index in [1.54, 1.807) is 98.1 Å². The standard InChI is InChI=1S/C25H22N2O4.C25H20N2O4.2C24H20N2O3/c1-31-20-14-12-17(13-15-20)16-21-23(28)26-25(30)27(24(21)29)22(18-8-4-2-5-9-18)19-10-6-3-7-11-19;28-21(18-12-6-2-7-13-18)16-20(17-10-4-1-5-11-17)22-23(29)26-25(31)27(24(22)30)19-14-8-3-9-15-19;27-22-21(20(18-12-6-2-7-13-18)19-14-8-3-9-15-19)23(28)26(24(29)25-22)16-17-10-4-1-5-11-17;27-22-20(16-17-10-4-1-5-11-17)23(28)26(24(29)25-22)21(18-12-6-2-7-13-18)19-14-8-3-9-15-19/h2-15,21-22H,16H2,1H3,(H,26,28,30);1-15,20,22H,16H2,(H,26,29,31);2*1-15,20-21H,16H2,(H,25,27,29). The van der Waals surface area contributed by atoms with Crippen LogP contribution in [0.25, 0.3) is 0 Å². The minimum atomic E-state index is -1.21. The van der Waals surface area contributed by atoms with Crippen molar-refractivity contribution in [1.82, 2.24) is 36.0 Å². The second kappa shape index (κ2) is 39.3. The van der Waals surface area contributed by atoms with Crippen LogP contribution in [0.15, 0.2) is 358 Å². The zero-order valence-corrected chi connectivity index (χ0v) is 65.0. The van der Waals surface area contributed by atoms with Crippen molar-refractivity contribution in [3.8, 4) is 5.75 Å². The molecule has 5 atom stereocenters. The molecule has 12 aromatic carbocycles. The number of anilines is 1. The first-order valence-electron chi connectivity index (χ1n) is 38.8.